The van der Waals surface area contributed by atoms with Gasteiger partial charge in [0.1, 0.15) is 18.1 Å². The van der Waals surface area contributed by atoms with Crippen molar-refractivity contribution in [1.82, 2.24) is 5.32 Å². The van der Waals surface area contributed by atoms with Crippen molar-refractivity contribution < 1.29 is 22.3 Å². The first-order valence-electron chi connectivity index (χ1n) is 10.5. The van der Waals surface area contributed by atoms with Gasteiger partial charge in [-0.3, -0.25) is 9.10 Å². The molecule has 0 aromatic heterocycles. The highest BCUT2D eigenvalue weighted by Gasteiger charge is 2.27. The number of carbonyl (C=O) groups excluding carboxylic acids is 1. The molecule has 0 saturated heterocycles. The van der Waals surface area contributed by atoms with Crippen LogP contribution in [0.15, 0.2) is 82.6 Å². The van der Waals surface area contributed by atoms with Gasteiger partial charge in [0.15, 0.2) is 0 Å². The molecule has 0 radical (unpaired) electrons. The zero-order valence-corrected chi connectivity index (χ0v) is 20.8. The van der Waals surface area contributed by atoms with E-state index in [1.54, 1.807) is 48.2 Å². The van der Waals surface area contributed by atoms with Crippen LogP contribution in [-0.2, 0) is 14.8 Å². The molecule has 0 aliphatic heterocycles. The second kappa shape index (κ2) is 12.1. The van der Waals surface area contributed by atoms with E-state index in [-0.39, 0.29) is 4.90 Å². The summed E-state index contributed by atoms with van der Waals surface area (Å²) < 4.78 is 46.4. The van der Waals surface area contributed by atoms with Gasteiger partial charge in [0, 0.05) is 22.2 Å². The summed E-state index contributed by atoms with van der Waals surface area (Å²) in [5.74, 6) is 0.161. The average Bonchev–Trinajstić information content (AvgIpc) is 2.82. The summed E-state index contributed by atoms with van der Waals surface area (Å²) in [6.07, 6.45) is 0. The number of halogens is 2. The Morgan fingerprint density at radius 1 is 1.03 bits per heavy atom. The lowest BCUT2D eigenvalue weighted by Gasteiger charge is -2.24. The molecule has 1 amide bonds. The van der Waals surface area contributed by atoms with Crippen LogP contribution in [0.4, 0.5) is 10.1 Å². The maximum atomic E-state index is 13.3. The largest absolute Gasteiger partial charge is 0.494 e. The topological polar surface area (TPSA) is 75.7 Å². The summed E-state index contributed by atoms with van der Waals surface area (Å²) >= 11 is 7.42. The normalized spacial score (nSPS) is 11.1. The first kappa shape index (κ1) is 25.9. The van der Waals surface area contributed by atoms with Crippen molar-refractivity contribution in [2.75, 3.05) is 29.8 Å². The highest BCUT2D eigenvalue weighted by Crippen LogP contribution is 2.26. The molecule has 0 fully saturated rings. The molecule has 0 bridgehead atoms. The van der Waals surface area contributed by atoms with Crippen LogP contribution in [0.3, 0.4) is 0 Å². The molecule has 0 aliphatic carbocycles. The van der Waals surface area contributed by atoms with Gasteiger partial charge in [-0.1, -0.05) is 11.6 Å². The zero-order valence-electron chi connectivity index (χ0n) is 18.4. The second-order valence-corrected chi connectivity index (χ2v) is 10.5. The fraction of sp³-hybridized carbons (Fsp3) is 0.208. The van der Waals surface area contributed by atoms with Crippen LogP contribution in [0.25, 0.3) is 0 Å². The fourth-order valence-electron chi connectivity index (χ4n) is 3.00. The van der Waals surface area contributed by atoms with Crippen molar-refractivity contribution in [2.24, 2.45) is 0 Å². The predicted octanol–water partition coefficient (Wildman–Crippen LogP) is 4.98. The van der Waals surface area contributed by atoms with Crippen molar-refractivity contribution in [3.63, 3.8) is 0 Å². The Morgan fingerprint density at radius 2 is 1.68 bits per heavy atom. The first-order chi connectivity index (χ1) is 16.3. The van der Waals surface area contributed by atoms with E-state index in [0.29, 0.717) is 35.4 Å². The van der Waals surface area contributed by atoms with Crippen LogP contribution < -0.4 is 14.4 Å². The van der Waals surface area contributed by atoms with E-state index >= 15 is 0 Å². The Hall–Kier alpha value is -2.75. The number of carbonyl (C=O) groups is 1. The van der Waals surface area contributed by atoms with E-state index in [1.165, 1.54) is 12.1 Å². The summed E-state index contributed by atoms with van der Waals surface area (Å²) in [5, 5.41) is 3.40. The Balaban J connectivity index is 1.71. The lowest BCUT2D eigenvalue weighted by atomic mass is 10.3. The van der Waals surface area contributed by atoms with Gasteiger partial charge in [0.05, 0.1) is 17.2 Å². The number of nitrogens with zero attached hydrogens (tertiary/aromatic N) is 1. The minimum Gasteiger partial charge on any atom is -0.494 e. The van der Waals surface area contributed by atoms with Gasteiger partial charge in [-0.05, 0) is 79.7 Å². The predicted molar refractivity (Wildman–Crippen MR) is 134 cm³/mol. The molecule has 3 aromatic carbocycles. The summed E-state index contributed by atoms with van der Waals surface area (Å²) in [7, 11) is -4.12. The van der Waals surface area contributed by atoms with E-state index in [4.69, 9.17) is 16.3 Å². The Bertz CT molecular complexity index is 1190. The Kier molecular flexibility index (Phi) is 9.20. The number of thioether (sulfide) groups is 1. The number of ether oxygens (including phenoxy) is 1. The third-order valence-electron chi connectivity index (χ3n) is 4.63. The molecule has 0 heterocycles. The summed E-state index contributed by atoms with van der Waals surface area (Å²) in [6, 6.07) is 18.2. The molecule has 3 aromatic rings. The standard InChI is InChI=1S/C24H24ClFN2O4S2/c1-2-32-21-9-7-20(8-10-21)28(34(30,31)23-13-5-19(26)6-14-23)17-24(29)27-15-16-33-22-11-3-18(25)4-12-22/h3-14H,2,15-17H2,1H3,(H,27,29). The maximum absolute atomic E-state index is 13.3. The van der Waals surface area contributed by atoms with Crippen molar-refractivity contribution in [3.05, 3.63) is 83.6 Å². The molecule has 34 heavy (non-hydrogen) atoms. The average molecular weight is 523 g/mol. The molecule has 1 N–H and O–H groups in total. The third-order valence-corrected chi connectivity index (χ3v) is 7.68. The Morgan fingerprint density at radius 3 is 2.29 bits per heavy atom. The maximum Gasteiger partial charge on any atom is 0.264 e. The number of benzene rings is 3. The van der Waals surface area contributed by atoms with E-state index in [0.717, 1.165) is 21.3 Å². The van der Waals surface area contributed by atoms with E-state index in [2.05, 4.69) is 5.32 Å². The zero-order chi connectivity index (χ0) is 24.6. The first-order valence-corrected chi connectivity index (χ1v) is 13.3. The second-order valence-electron chi connectivity index (χ2n) is 7.04. The third kappa shape index (κ3) is 7.12. The molecule has 0 saturated carbocycles. The van der Waals surface area contributed by atoms with Crippen LogP contribution in [0.5, 0.6) is 5.75 Å². The van der Waals surface area contributed by atoms with Crippen molar-refractivity contribution in [1.29, 1.82) is 0 Å². The number of nitrogens with one attached hydrogen (secondary N) is 1. The molecule has 0 unspecified atom stereocenters. The van der Waals surface area contributed by atoms with Crippen LogP contribution in [0, 0.1) is 5.82 Å². The van der Waals surface area contributed by atoms with Gasteiger partial charge < -0.3 is 10.1 Å². The lowest BCUT2D eigenvalue weighted by molar-refractivity contribution is -0.119. The molecule has 3 rings (SSSR count). The van der Waals surface area contributed by atoms with Gasteiger partial charge in [0.2, 0.25) is 5.91 Å². The van der Waals surface area contributed by atoms with Crippen molar-refractivity contribution >= 4 is 45.0 Å². The van der Waals surface area contributed by atoms with E-state index in [1.807, 2.05) is 19.1 Å². The monoisotopic (exact) mass is 522 g/mol. The van der Waals surface area contributed by atoms with Gasteiger partial charge in [-0.25, -0.2) is 12.8 Å². The molecule has 10 heteroatoms. The number of hydrogen-bond donors (Lipinski definition) is 1. The van der Waals surface area contributed by atoms with Gasteiger partial charge >= 0.3 is 0 Å². The molecule has 180 valence electrons. The number of anilines is 1. The van der Waals surface area contributed by atoms with Crippen molar-refractivity contribution in [3.8, 4) is 5.75 Å². The summed E-state index contributed by atoms with van der Waals surface area (Å²) in [6.45, 7) is 2.22. The highest BCUT2D eigenvalue weighted by atomic mass is 35.5. The van der Waals surface area contributed by atoms with Crippen LogP contribution in [-0.4, -0.2) is 39.8 Å². The molecule has 6 nitrogen and oxygen atoms in total. The van der Waals surface area contributed by atoms with Gasteiger partial charge in [-0.15, -0.1) is 11.8 Å². The van der Waals surface area contributed by atoms with Crippen LogP contribution >= 0.6 is 23.4 Å². The SMILES string of the molecule is CCOc1ccc(N(CC(=O)NCCSc2ccc(Cl)cc2)S(=O)(=O)c2ccc(F)cc2)cc1. The van der Waals surface area contributed by atoms with Crippen LogP contribution in [0.1, 0.15) is 6.92 Å². The number of sulfonamides is 1. The fourth-order valence-corrected chi connectivity index (χ4v) is 5.32. The minimum absolute atomic E-state index is 0.117. The summed E-state index contributed by atoms with van der Waals surface area (Å²) in [4.78, 5) is 13.5. The molecule has 0 aliphatic rings. The van der Waals surface area contributed by atoms with Gasteiger partial charge in [0.25, 0.3) is 10.0 Å². The smallest absolute Gasteiger partial charge is 0.264 e. The lowest BCUT2D eigenvalue weighted by Crippen LogP contribution is -2.41. The number of rotatable bonds is 11. The molecular weight excluding hydrogens is 499 g/mol. The summed E-state index contributed by atoms with van der Waals surface area (Å²) in [5.41, 5.74) is 0.290. The Labute approximate surface area is 208 Å². The molecular formula is C24H24ClFN2O4S2. The quantitative estimate of drug-likeness (QED) is 0.284. The number of hydrogen-bond acceptors (Lipinski definition) is 5. The number of amides is 1. The van der Waals surface area contributed by atoms with Crippen molar-refractivity contribution in [2.45, 2.75) is 16.7 Å². The van der Waals surface area contributed by atoms with E-state index in [9.17, 15) is 17.6 Å². The van der Waals surface area contributed by atoms with E-state index < -0.39 is 28.3 Å². The van der Waals surface area contributed by atoms with Crippen LogP contribution in [0.2, 0.25) is 5.02 Å². The highest BCUT2D eigenvalue weighted by molar-refractivity contribution is 7.99. The minimum atomic E-state index is -4.12. The molecule has 0 atom stereocenters. The van der Waals surface area contributed by atoms with Gasteiger partial charge in [-0.2, -0.15) is 0 Å². The molecule has 0 spiro atoms.